The predicted octanol–water partition coefficient (Wildman–Crippen LogP) is 4.13. The molecule has 0 bridgehead atoms. The van der Waals surface area contributed by atoms with Crippen LogP contribution in [0.1, 0.15) is 55.3 Å². The normalized spacial score (nSPS) is 24.5. The predicted molar refractivity (Wildman–Crippen MR) is 90.7 cm³/mol. The standard InChI is InChI=1S/C18H23BrFNO2/c19-13-3-8-16(17(20)11-13)18(23)21(15-6-7-15)14-4-1-12(2-5-14)9-10-22/h3,8,11-12,14-15,22H,1-2,4-7,9-10H2/t12-,14-. The molecule has 0 radical (unpaired) electrons. The molecule has 0 atom stereocenters. The van der Waals surface area contributed by atoms with Crippen molar-refractivity contribution in [2.24, 2.45) is 5.92 Å². The van der Waals surface area contributed by atoms with Crippen LogP contribution in [-0.4, -0.2) is 34.6 Å². The second kappa shape index (κ2) is 7.31. The van der Waals surface area contributed by atoms with Crippen molar-refractivity contribution >= 4 is 21.8 Å². The molecule has 2 saturated carbocycles. The first-order chi connectivity index (χ1) is 11.1. The smallest absolute Gasteiger partial charge is 0.257 e. The number of rotatable bonds is 5. The molecule has 1 aromatic carbocycles. The molecule has 1 aromatic rings. The van der Waals surface area contributed by atoms with Crippen molar-refractivity contribution in [3.05, 3.63) is 34.1 Å². The summed E-state index contributed by atoms with van der Waals surface area (Å²) in [6.07, 6.45) is 6.93. The van der Waals surface area contributed by atoms with Gasteiger partial charge in [0.15, 0.2) is 0 Å². The molecule has 1 amide bonds. The van der Waals surface area contributed by atoms with Crippen LogP contribution >= 0.6 is 15.9 Å². The molecule has 0 saturated heterocycles. The molecule has 0 aromatic heterocycles. The summed E-state index contributed by atoms with van der Waals surface area (Å²) >= 11 is 3.24. The summed E-state index contributed by atoms with van der Waals surface area (Å²) in [5, 5.41) is 9.07. The van der Waals surface area contributed by atoms with E-state index in [1.807, 2.05) is 4.90 Å². The summed E-state index contributed by atoms with van der Waals surface area (Å²) in [5.74, 6) is -0.0519. The summed E-state index contributed by atoms with van der Waals surface area (Å²) in [6, 6.07) is 5.16. The van der Waals surface area contributed by atoms with E-state index in [2.05, 4.69) is 15.9 Å². The third-order valence-corrected chi connectivity index (χ3v) is 5.58. The van der Waals surface area contributed by atoms with Crippen LogP contribution in [0.15, 0.2) is 22.7 Å². The second-order valence-electron chi connectivity index (χ2n) is 6.75. The van der Waals surface area contributed by atoms with Gasteiger partial charge in [0.2, 0.25) is 0 Å². The first-order valence-electron chi connectivity index (χ1n) is 8.48. The van der Waals surface area contributed by atoms with Crippen LogP contribution in [0.5, 0.6) is 0 Å². The lowest BCUT2D eigenvalue weighted by Gasteiger charge is -2.37. The van der Waals surface area contributed by atoms with Crippen molar-refractivity contribution < 1.29 is 14.3 Å². The van der Waals surface area contributed by atoms with Gasteiger partial charge in [-0.05, 0) is 69.1 Å². The summed E-state index contributed by atoms with van der Waals surface area (Å²) in [7, 11) is 0. The average Bonchev–Trinajstić information content (AvgIpc) is 3.34. The van der Waals surface area contributed by atoms with Gasteiger partial charge in [0.25, 0.3) is 5.91 Å². The van der Waals surface area contributed by atoms with Gasteiger partial charge in [-0.1, -0.05) is 15.9 Å². The summed E-state index contributed by atoms with van der Waals surface area (Å²) in [4.78, 5) is 14.8. The molecule has 3 nitrogen and oxygen atoms in total. The lowest BCUT2D eigenvalue weighted by Crippen LogP contribution is -2.44. The van der Waals surface area contributed by atoms with Crippen LogP contribution in [0.3, 0.4) is 0 Å². The molecule has 23 heavy (non-hydrogen) atoms. The minimum atomic E-state index is -0.455. The average molecular weight is 384 g/mol. The zero-order chi connectivity index (χ0) is 16.4. The number of amides is 1. The fourth-order valence-corrected chi connectivity index (χ4v) is 4.01. The maximum absolute atomic E-state index is 14.2. The van der Waals surface area contributed by atoms with Crippen LogP contribution in [-0.2, 0) is 0 Å². The van der Waals surface area contributed by atoms with Crippen LogP contribution in [0.4, 0.5) is 4.39 Å². The molecular weight excluding hydrogens is 361 g/mol. The van der Waals surface area contributed by atoms with Gasteiger partial charge in [0, 0.05) is 23.2 Å². The number of nitrogens with zero attached hydrogens (tertiary/aromatic N) is 1. The van der Waals surface area contributed by atoms with Gasteiger partial charge in [-0.15, -0.1) is 0 Å². The zero-order valence-electron chi connectivity index (χ0n) is 13.2. The maximum Gasteiger partial charge on any atom is 0.257 e. The van der Waals surface area contributed by atoms with Crippen molar-refractivity contribution in [1.29, 1.82) is 0 Å². The van der Waals surface area contributed by atoms with E-state index in [1.54, 1.807) is 12.1 Å². The van der Waals surface area contributed by atoms with E-state index in [9.17, 15) is 9.18 Å². The topological polar surface area (TPSA) is 40.5 Å². The Morgan fingerprint density at radius 2 is 1.78 bits per heavy atom. The van der Waals surface area contributed by atoms with Gasteiger partial charge in [-0.3, -0.25) is 4.79 Å². The molecule has 0 aliphatic heterocycles. The lowest BCUT2D eigenvalue weighted by molar-refractivity contribution is 0.0573. The SMILES string of the molecule is O=C(c1ccc(Br)cc1F)N(C1CC1)[C@H]1CC[C@H](CCO)CC1. The Bertz CT molecular complexity index is 568. The van der Waals surface area contributed by atoms with Crippen LogP contribution in [0, 0.1) is 11.7 Å². The summed E-state index contributed by atoms with van der Waals surface area (Å²) in [5.41, 5.74) is 0.178. The third kappa shape index (κ3) is 3.94. The Kier molecular flexibility index (Phi) is 5.37. The van der Waals surface area contributed by atoms with Gasteiger partial charge in [-0.25, -0.2) is 4.39 Å². The zero-order valence-corrected chi connectivity index (χ0v) is 14.8. The molecule has 3 rings (SSSR count). The van der Waals surface area contributed by atoms with Crippen LogP contribution < -0.4 is 0 Å². The Morgan fingerprint density at radius 3 is 2.30 bits per heavy atom. The first kappa shape index (κ1) is 16.9. The van der Waals surface area contributed by atoms with Crippen molar-refractivity contribution in [3.8, 4) is 0 Å². The highest BCUT2D eigenvalue weighted by atomic mass is 79.9. The van der Waals surface area contributed by atoms with E-state index in [-0.39, 0.29) is 30.2 Å². The van der Waals surface area contributed by atoms with E-state index < -0.39 is 5.82 Å². The highest BCUT2D eigenvalue weighted by Crippen LogP contribution is 2.37. The van der Waals surface area contributed by atoms with Gasteiger partial charge in [0.05, 0.1) is 5.56 Å². The molecule has 5 heteroatoms. The van der Waals surface area contributed by atoms with E-state index in [0.29, 0.717) is 10.4 Å². The Hall–Kier alpha value is -0.940. The van der Waals surface area contributed by atoms with Gasteiger partial charge in [-0.2, -0.15) is 0 Å². The molecule has 0 spiro atoms. The molecule has 2 aliphatic rings. The first-order valence-corrected chi connectivity index (χ1v) is 9.28. The van der Waals surface area contributed by atoms with E-state index in [0.717, 1.165) is 44.9 Å². The number of carbonyl (C=O) groups is 1. The van der Waals surface area contributed by atoms with Crippen molar-refractivity contribution in [2.45, 2.75) is 57.0 Å². The Labute approximate surface area is 145 Å². The quantitative estimate of drug-likeness (QED) is 0.829. The van der Waals surface area contributed by atoms with Crippen molar-refractivity contribution in [3.63, 3.8) is 0 Å². The summed E-state index contributed by atoms with van der Waals surface area (Å²) in [6.45, 7) is 0.241. The maximum atomic E-state index is 14.2. The molecular formula is C18H23BrFNO2. The van der Waals surface area contributed by atoms with E-state index >= 15 is 0 Å². The molecule has 0 unspecified atom stereocenters. The van der Waals surface area contributed by atoms with E-state index in [4.69, 9.17) is 5.11 Å². The van der Waals surface area contributed by atoms with Crippen molar-refractivity contribution in [1.82, 2.24) is 4.90 Å². The third-order valence-electron chi connectivity index (χ3n) is 5.08. The largest absolute Gasteiger partial charge is 0.396 e. The fourth-order valence-electron chi connectivity index (χ4n) is 3.68. The lowest BCUT2D eigenvalue weighted by atomic mass is 9.83. The summed E-state index contributed by atoms with van der Waals surface area (Å²) < 4.78 is 14.8. The second-order valence-corrected chi connectivity index (χ2v) is 7.67. The van der Waals surface area contributed by atoms with E-state index in [1.165, 1.54) is 6.07 Å². The number of aliphatic hydroxyl groups is 1. The molecule has 2 aliphatic carbocycles. The fraction of sp³-hybridized carbons (Fsp3) is 0.611. The minimum Gasteiger partial charge on any atom is -0.396 e. The number of hydrogen-bond acceptors (Lipinski definition) is 2. The Morgan fingerprint density at radius 1 is 1.17 bits per heavy atom. The number of hydrogen-bond donors (Lipinski definition) is 1. The monoisotopic (exact) mass is 383 g/mol. The molecule has 2 fully saturated rings. The Balaban J connectivity index is 1.73. The highest BCUT2D eigenvalue weighted by Gasteiger charge is 2.39. The number of benzene rings is 1. The molecule has 1 N–H and O–H groups in total. The highest BCUT2D eigenvalue weighted by molar-refractivity contribution is 9.10. The van der Waals surface area contributed by atoms with Crippen molar-refractivity contribution in [2.75, 3.05) is 6.61 Å². The molecule has 126 valence electrons. The van der Waals surface area contributed by atoms with Crippen LogP contribution in [0.25, 0.3) is 0 Å². The number of aliphatic hydroxyl groups excluding tert-OH is 1. The van der Waals surface area contributed by atoms with Gasteiger partial charge < -0.3 is 10.0 Å². The molecule has 0 heterocycles. The number of carbonyl (C=O) groups excluding carboxylic acids is 1. The van der Waals surface area contributed by atoms with Gasteiger partial charge in [0.1, 0.15) is 5.82 Å². The number of halogens is 2. The van der Waals surface area contributed by atoms with Gasteiger partial charge >= 0.3 is 0 Å². The minimum absolute atomic E-state index is 0.164. The van der Waals surface area contributed by atoms with Crippen LogP contribution in [0.2, 0.25) is 0 Å².